The average Bonchev–Trinajstić information content (AvgIpc) is 0.905. The van der Waals surface area contributed by atoms with Crippen LogP contribution in [0.4, 0.5) is 0 Å². The minimum absolute atomic E-state index is 0.0783. The van der Waals surface area contributed by atoms with Crippen molar-refractivity contribution in [1.29, 1.82) is 0 Å². The molecule has 18 atom stereocenters. The molecule has 0 aromatic rings. The summed E-state index contributed by atoms with van der Waals surface area (Å²) in [5.41, 5.74) is -0.777. The largest absolute Gasteiger partial charge is 0.472 e. The first kappa shape index (κ1) is 101. The molecule has 0 aromatic carbocycles. The van der Waals surface area contributed by atoms with E-state index >= 15 is 0 Å². The van der Waals surface area contributed by atoms with Crippen LogP contribution in [-0.2, 0) is 103 Å². The molecule has 6 rings (SSSR count). The molecule has 0 radical (unpaired) electrons. The van der Waals surface area contributed by atoms with Crippen LogP contribution >= 0.6 is 23.5 Å². The SMILES string of the molecule is CC(C)C.CCCC(COCCCOP(=O)(O)OC1CCN(C(=O)CCCCO[C@@H]2OC(CO)[C@H](O)[C@H](O)C2C)CC1)(COCCCOP(=O)(O)OC1CCN(C(=O)CCCCO[C@@H]2OC(CO)[C@H](O)[C@H](O)C2C)CC1)COCCCOP(=O)(O)OC1CCN(C(=O)CCCCO[C@@H]2OC(CO)[C@H](O)[C@H](O)C2NC(C)=O)CC1. The van der Waals surface area contributed by atoms with Gasteiger partial charge in [0.05, 0.1) is 90.0 Å². The Bertz CT molecular complexity index is 2710. The molecule has 38 nitrogen and oxygen atoms in total. The molecular weight excluding hydrogens is 1560 g/mol. The van der Waals surface area contributed by atoms with Crippen LogP contribution in [-0.4, -0.2) is 335 Å². The molecule has 662 valence electrons. The van der Waals surface area contributed by atoms with Crippen LogP contribution in [0.2, 0.25) is 0 Å². The number of amides is 4. The van der Waals surface area contributed by atoms with E-state index in [1.807, 2.05) is 6.92 Å². The number of ether oxygens (including phenoxy) is 9. The Morgan fingerprint density at radius 3 is 1.03 bits per heavy atom. The summed E-state index contributed by atoms with van der Waals surface area (Å²) >= 11 is 0. The van der Waals surface area contributed by atoms with Gasteiger partial charge in [-0.25, -0.2) is 13.7 Å². The van der Waals surface area contributed by atoms with Crippen LogP contribution in [0.15, 0.2) is 0 Å². The molecule has 113 heavy (non-hydrogen) atoms. The number of hydrogen-bond acceptors (Lipinski definition) is 31. The number of aliphatic hydroxyl groups is 9. The molecule has 9 unspecified atom stereocenters. The smallest absolute Gasteiger partial charge is 0.394 e. The number of hydrogen-bond donors (Lipinski definition) is 13. The first-order valence-electron chi connectivity index (χ1n) is 40.2. The lowest BCUT2D eigenvalue weighted by atomic mass is 9.86. The normalized spacial score (nSPS) is 29.2. The van der Waals surface area contributed by atoms with Gasteiger partial charge in [-0.05, 0) is 109 Å². The van der Waals surface area contributed by atoms with E-state index < -0.39 is 165 Å². The molecule has 0 spiro atoms. The van der Waals surface area contributed by atoms with Crippen LogP contribution in [0.25, 0.3) is 0 Å². The molecule has 6 fully saturated rings. The lowest BCUT2D eigenvalue weighted by molar-refractivity contribution is -0.282. The molecule has 6 heterocycles. The van der Waals surface area contributed by atoms with Gasteiger partial charge in [0.1, 0.15) is 48.8 Å². The van der Waals surface area contributed by atoms with Gasteiger partial charge in [0.15, 0.2) is 18.9 Å². The summed E-state index contributed by atoms with van der Waals surface area (Å²) in [7, 11) is -13.6. The second-order valence-electron chi connectivity index (χ2n) is 30.7. The molecule has 0 saturated carbocycles. The summed E-state index contributed by atoms with van der Waals surface area (Å²) in [6, 6.07) is -1.09. The Labute approximate surface area is 664 Å². The van der Waals surface area contributed by atoms with Crippen molar-refractivity contribution >= 4 is 47.1 Å². The Morgan fingerprint density at radius 1 is 0.442 bits per heavy atom. The molecule has 0 aromatic heterocycles. The van der Waals surface area contributed by atoms with Crippen molar-refractivity contribution in [2.24, 2.45) is 23.2 Å². The second kappa shape index (κ2) is 52.6. The van der Waals surface area contributed by atoms with Gasteiger partial charge in [-0.2, -0.15) is 0 Å². The third-order valence-corrected chi connectivity index (χ3v) is 23.3. The zero-order valence-corrected chi connectivity index (χ0v) is 69.7. The highest BCUT2D eigenvalue weighted by molar-refractivity contribution is 7.48. The molecule has 6 aliphatic rings. The number of piperidine rings is 3. The van der Waals surface area contributed by atoms with Crippen molar-refractivity contribution in [2.45, 2.75) is 275 Å². The lowest BCUT2D eigenvalue weighted by Gasteiger charge is -2.42. The van der Waals surface area contributed by atoms with Gasteiger partial charge < -0.3 is 123 Å². The molecule has 6 aliphatic heterocycles. The number of carbonyl (C=O) groups excluding carboxylic acids is 4. The van der Waals surface area contributed by atoms with Gasteiger partial charge in [-0.15, -0.1) is 0 Å². The fraction of sp³-hybridized carbons (Fsp3) is 0.944. The predicted molar refractivity (Wildman–Crippen MR) is 402 cm³/mol. The van der Waals surface area contributed by atoms with Gasteiger partial charge in [0.2, 0.25) is 23.6 Å². The Hall–Kier alpha value is -2.51. The monoisotopic (exact) mass is 1690 g/mol. The number of phosphoric ester groups is 3. The Kier molecular flexibility index (Phi) is 47.1. The summed E-state index contributed by atoms with van der Waals surface area (Å²) in [5.74, 6) is -1.05. The van der Waals surface area contributed by atoms with Crippen molar-refractivity contribution in [3.05, 3.63) is 0 Å². The van der Waals surface area contributed by atoms with E-state index in [4.69, 9.17) is 69.8 Å². The van der Waals surface area contributed by atoms with Gasteiger partial charge in [0.25, 0.3) is 0 Å². The summed E-state index contributed by atoms with van der Waals surface area (Å²) < 4.78 is 124. The van der Waals surface area contributed by atoms with Crippen molar-refractivity contribution in [1.82, 2.24) is 20.0 Å². The maximum Gasteiger partial charge on any atom is 0.472 e. The first-order valence-corrected chi connectivity index (χ1v) is 44.7. The topological polar surface area (TPSA) is 522 Å². The number of carbonyl (C=O) groups is 4. The number of nitrogens with one attached hydrogen (secondary N) is 1. The van der Waals surface area contributed by atoms with Crippen LogP contribution in [0.1, 0.15) is 177 Å². The molecule has 41 heteroatoms. The molecule has 6 saturated heterocycles. The minimum Gasteiger partial charge on any atom is -0.394 e. The standard InChI is InChI=1S/C68H125N4O34P3.C4H10/c1-5-24-68(43-92-31-12-37-98-107(86,87)104-49-18-25-70(26-19-49)55(77)15-6-9-34-95-65-46(2)59(80)61(82)52(40-73)101-65,44-93-32-13-38-99-108(88,89)105-50-20-27-71(28-21-50)56(78)16-7-10-35-96-66-47(3)60(81)62(83)53(41-74)102-66)45-94-33-14-39-100-109(90,91)106-51-22-29-72(30-23-51)57(79)17-8-11-36-97-67-58(69-48(4)76)64(85)63(84)54(42-75)103-67;1-4(2)3/h46-47,49-54,58-67,73-75,80-85H,5-45H2,1-4H3,(H,69,76)(H,86,87)(H,88,89)(H,90,91);4H,1-3H3/t46?,47?,52?,53?,54?,58?,59-,60-,61+,62+,63+,64-,65-,66-,67-,68?;/m1./s1. The highest BCUT2D eigenvalue weighted by Gasteiger charge is 2.47. The third kappa shape index (κ3) is 36.8. The van der Waals surface area contributed by atoms with Crippen molar-refractivity contribution in [2.75, 3.05) is 138 Å². The maximum atomic E-state index is 13.1. The summed E-state index contributed by atoms with van der Waals surface area (Å²) in [4.78, 5) is 87.8. The zero-order valence-electron chi connectivity index (χ0n) is 67.0. The molecule has 13 N–H and O–H groups in total. The number of rotatable bonds is 51. The predicted octanol–water partition coefficient (Wildman–Crippen LogP) is 2.68. The first-order chi connectivity index (χ1) is 53.7. The van der Waals surface area contributed by atoms with Crippen LogP contribution in [0.3, 0.4) is 0 Å². The maximum absolute atomic E-state index is 13.1. The van der Waals surface area contributed by atoms with Crippen LogP contribution in [0, 0.1) is 23.2 Å². The van der Waals surface area contributed by atoms with E-state index in [1.165, 1.54) is 6.92 Å². The van der Waals surface area contributed by atoms with Crippen LogP contribution < -0.4 is 5.32 Å². The fourth-order valence-electron chi connectivity index (χ4n) is 13.7. The van der Waals surface area contributed by atoms with Gasteiger partial charge in [0, 0.05) is 122 Å². The summed E-state index contributed by atoms with van der Waals surface area (Å²) in [6.07, 6.45) is -8.47. The van der Waals surface area contributed by atoms with E-state index in [0.717, 1.165) is 5.92 Å². The van der Waals surface area contributed by atoms with Gasteiger partial charge in [-0.3, -0.25) is 46.3 Å². The fourth-order valence-corrected chi connectivity index (χ4v) is 16.7. The molecular formula is C72H135N4O34P3. The van der Waals surface area contributed by atoms with E-state index in [0.29, 0.717) is 103 Å². The molecule has 4 amide bonds. The third-order valence-electron chi connectivity index (χ3n) is 20.1. The Morgan fingerprint density at radius 2 is 0.735 bits per heavy atom. The van der Waals surface area contributed by atoms with Crippen molar-refractivity contribution < 1.29 is 163 Å². The van der Waals surface area contributed by atoms with Crippen molar-refractivity contribution in [3.8, 4) is 0 Å². The van der Waals surface area contributed by atoms with Crippen molar-refractivity contribution in [3.63, 3.8) is 0 Å². The highest BCUT2D eigenvalue weighted by atomic mass is 31.2. The van der Waals surface area contributed by atoms with Crippen LogP contribution in [0.5, 0.6) is 0 Å². The molecule has 0 aliphatic carbocycles. The highest BCUT2D eigenvalue weighted by Crippen LogP contribution is 2.48. The van der Waals surface area contributed by atoms with E-state index in [-0.39, 0.29) is 161 Å². The van der Waals surface area contributed by atoms with E-state index in [9.17, 15) is 93.5 Å². The van der Waals surface area contributed by atoms with E-state index in [1.54, 1.807) is 28.5 Å². The number of nitrogens with zero attached hydrogens (tertiary/aromatic N) is 3. The summed E-state index contributed by atoms with van der Waals surface area (Å²) in [6.45, 7) is 13.7. The number of aliphatic hydroxyl groups excluding tert-OH is 9. The number of phosphoric acid groups is 3. The van der Waals surface area contributed by atoms with E-state index in [2.05, 4.69) is 26.1 Å². The second-order valence-corrected chi connectivity index (χ2v) is 34.9. The minimum atomic E-state index is -4.54. The van der Waals surface area contributed by atoms with Gasteiger partial charge >= 0.3 is 23.5 Å². The Balaban J connectivity index is 0.00000556. The summed E-state index contributed by atoms with van der Waals surface area (Å²) in [5, 5.41) is 92.5. The average molecular weight is 1690 g/mol. The quantitative estimate of drug-likeness (QED) is 0.0307. The molecule has 0 bridgehead atoms. The number of likely N-dealkylation sites (tertiary alicyclic amines) is 3. The lowest BCUT2D eigenvalue weighted by Crippen LogP contribution is -2.64. The number of unbranched alkanes of at least 4 members (excludes halogenated alkanes) is 3. The zero-order chi connectivity index (χ0) is 83.3. The van der Waals surface area contributed by atoms with Gasteiger partial charge in [-0.1, -0.05) is 48.0 Å².